The number of ether oxygens (including phenoxy) is 1. The molecule has 10 heteroatoms. The molecule has 3 rings (SSSR count). The van der Waals surface area contributed by atoms with Crippen LogP contribution in [0.25, 0.3) is 0 Å². The Bertz CT molecular complexity index is 834. The van der Waals surface area contributed by atoms with Crippen molar-refractivity contribution in [3.63, 3.8) is 0 Å². The lowest BCUT2D eigenvalue weighted by Gasteiger charge is -2.34. The number of hydrogen-bond acceptors (Lipinski definition) is 6. The molecule has 0 radical (unpaired) electrons. The molecule has 0 unspecified atom stereocenters. The van der Waals surface area contributed by atoms with Crippen molar-refractivity contribution < 1.29 is 27.5 Å². The molecular formula is C18H23N3O6S. The fourth-order valence-electron chi connectivity index (χ4n) is 3.21. The molecule has 2 amide bonds. The number of sulfonamides is 1. The van der Waals surface area contributed by atoms with E-state index in [0.29, 0.717) is 12.0 Å². The van der Waals surface area contributed by atoms with Crippen molar-refractivity contribution in [1.29, 1.82) is 0 Å². The summed E-state index contributed by atoms with van der Waals surface area (Å²) in [5, 5.41) is 2.49. The molecule has 152 valence electrons. The highest BCUT2D eigenvalue weighted by atomic mass is 32.2. The summed E-state index contributed by atoms with van der Waals surface area (Å²) in [5.74, 6) is -1.28. The molecule has 0 bridgehead atoms. The van der Waals surface area contributed by atoms with Gasteiger partial charge in [0.25, 0.3) is 5.91 Å². The molecule has 28 heavy (non-hydrogen) atoms. The fraction of sp³-hybridized carbons (Fsp3) is 0.500. The van der Waals surface area contributed by atoms with Gasteiger partial charge >= 0.3 is 5.97 Å². The van der Waals surface area contributed by atoms with Gasteiger partial charge in [-0.25, -0.2) is 13.2 Å². The van der Waals surface area contributed by atoms with Gasteiger partial charge in [-0.2, -0.15) is 4.31 Å². The minimum absolute atomic E-state index is 0.0769. The second-order valence-electron chi connectivity index (χ2n) is 6.79. The second kappa shape index (κ2) is 8.70. The number of rotatable bonds is 6. The lowest BCUT2D eigenvalue weighted by atomic mass is 10.2. The van der Waals surface area contributed by atoms with Crippen LogP contribution >= 0.6 is 0 Å². The molecule has 2 heterocycles. The van der Waals surface area contributed by atoms with Crippen LogP contribution in [0.1, 0.15) is 18.4 Å². The van der Waals surface area contributed by atoms with E-state index in [1.54, 1.807) is 24.3 Å². The molecule has 1 aromatic carbocycles. The topological polar surface area (TPSA) is 113 Å². The lowest BCUT2D eigenvalue weighted by Crippen LogP contribution is -2.51. The fourth-order valence-corrected chi connectivity index (χ4v) is 4.72. The van der Waals surface area contributed by atoms with Gasteiger partial charge in [0.05, 0.1) is 5.75 Å². The van der Waals surface area contributed by atoms with Crippen LogP contribution in [-0.2, 0) is 34.9 Å². The third-order valence-corrected chi connectivity index (χ3v) is 6.64. The molecule has 2 aliphatic rings. The highest BCUT2D eigenvalue weighted by Gasteiger charge is 2.31. The quantitative estimate of drug-likeness (QED) is 0.633. The molecule has 0 spiro atoms. The largest absolute Gasteiger partial charge is 0.454 e. The number of amides is 2. The molecule has 2 aliphatic heterocycles. The Balaban J connectivity index is 1.44. The monoisotopic (exact) mass is 409 g/mol. The minimum atomic E-state index is -3.46. The summed E-state index contributed by atoms with van der Waals surface area (Å²) in [7, 11) is -3.46. The number of carbonyl (C=O) groups excluding carboxylic acids is 3. The first-order valence-electron chi connectivity index (χ1n) is 9.11. The molecule has 2 saturated heterocycles. The zero-order valence-corrected chi connectivity index (χ0v) is 16.2. The van der Waals surface area contributed by atoms with Gasteiger partial charge in [-0.1, -0.05) is 30.3 Å². The van der Waals surface area contributed by atoms with Crippen molar-refractivity contribution >= 4 is 27.8 Å². The van der Waals surface area contributed by atoms with Gasteiger partial charge in [0.15, 0.2) is 6.61 Å². The smallest absolute Gasteiger partial charge is 0.329 e. The molecule has 0 aliphatic carbocycles. The Kier molecular flexibility index (Phi) is 6.30. The highest BCUT2D eigenvalue weighted by Crippen LogP contribution is 2.14. The molecule has 0 aromatic heterocycles. The molecule has 9 nitrogen and oxygen atoms in total. The van der Waals surface area contributed by atoms with Crippen LogP contribution in [0.4, 0.5) is 0 Å². The van der Waals surface area contributed by atoms with E-state index in [1.807, 2.05) is 6.07 Å². The number of hydrogen-bond donors (Lipinski definition) is 1. The van der Waals surface area contributed by atoms with Crippen LogP contribution in [-0.4, -0.2) is 74.2 Å². The normalized spacial score (nSPS) is 20.6. The number of carbonyl (C=O) groups is 3. The standard InChI is InChI=1S/C18H23N3O6S/c22-16-7-6-15(19-16)18(24)27-12-17(23)20-8-10-21(11-9-20)28(25,26)13-14-4-2-1-3-5-14/h1-5,15H,6-13H2,(H,19,22)/t15-/m1/s1. The number of nitrogens with one attached hydrogen (secondary N) is 1. The summed E-state index contributed by atoms with van der Waals surface area (Å²) in [5.41, 5.74) is 0.715. The molecule has 2 fully saturated rings. The van der Waals surface area contributed by atoms with E-state index in [0.717, 1.165) is 0 Å². The number of piperazine rings is 1. The SMILES string of the molecule is O=C1CC[C@H](C(=O)OCC(=O)N2CCN(S(=O)(=O)Cc3ccccc3)CC2)N1. The number of nitrogens with zero attached hydrogens (tertiary/aromatic N) is 2. The van der Waals surface area contributed by atoms with E-state index in [4.69, 9.17) is 4.74 Å². The summed E-state index contributed by atoms with van der Waals surface area (Å²) >= 11 is 0. The lowest BCUT2D eigenvalue weighted by molar-refractivity contribution is -0.154. The summed E-state index contributed by atoms with van der Waals surface area (Å²) in [4.78, 5) is 36.7. The first kappa shape index (κ1) is 20.3. The van der Waals surface area contributed by atoms with Crippen molar-refractivity contribution in [2.45, 2.75) is 24.6 Å². The van der Waals surface area contributed by atoms with Crippen LogP contribution in [0.5, 0.6) is 0 Å². The van der Waals surface area contributed by atoms with Crippen molar-refractivity contribution in [2.24, 2.45) is 0 Å². The van der Waals surface area contributed by atoms with Crippen molar-refractivity contribution in [3.05, 3.63) is 35.9 Å². The highest BCUT2D eigenvalue weighted by molar-refractivity contribution is 7.88. The van der Waals surface area contributed by atoms with E-state index < -0.39 is 28.6 Å². The van der Waals surface area contributed by atoms with Gasteiger partial charge in [-0.15, -0.1) is 0 Å². The first-order valence-corrected chi connectivity index (χ1v) is 10.7. The molecule has 1 atom stereocenters. The minimum Gasteiger partial charge on any atom is -0.454 e. The Morgan fingerprint density at radius 3 is 2.39 bits per heavy atom. The van der Waals surface area contributed by atoms with Gasteiger partial charge in [-0.05, 0) is 12.0 Å². The Labute approximate surface area is 163 Å². The van der Waals surface area contributed by atoms with E-state index >= 15 is 0 Å². The number of benzene rings is 1. The first-order chi connectivity index (χ1) is 13.3. The number of esters is 1. The average molecular weight is 409 g/mol. The Hall–Kier alpha value is -2.46. The predicted octanol–water partition coefficient (Wildman–Crippen LogP) is -0.518. The van der Waals surface area contributed by atoms with Crippen LogP contribution in [0.3, 0.4) is 0 Å². The maximum absolute atomic E-state index is 12.5. The molecule has 1 aromatic rings. The summed E-state index contributed by atoms with van der Waals surface area (Å²) in [6.45, 7) is 0.470. The van der Waals surface area contributed by atoms with Gasteiger partial charge < -0.3 is 15.0 Å². The zero-order valence-electron chi connectivity index (χ0n) is 15.4. The Morgan fingerprint density at radius 2 is 1.79 bits per heavy atom. The van der Waals surface area contributed by atoms with Crippen LogP contribution in [0.2, 0.25) is 0 Å². The second-order valence-corrected chi connectivity index (χ2v) is 8.76. The van der Waals surface area contributed by atoms with Crippen LogP contribution < -0.4 is 5.32 Å². The third kappa shape index (κ3) is 5.08. The van der Waals surface area contributed by atoms with Crippen molar-refractivity contribution in [1.82, 2.24) is 14.5 Å². The average Bonchev–Trinajstić information content (AvgIpc) is 3.13. The van der Waals surface area contributed by atoms with Gasteiger partial charge in [0.1, 0.15) is 6.04 Å². The summed E-state index contributed by atoms with van der Waals surface area (Å²) < 4.78 is 31.4. The van der Waals surface area contributed by atoms with E-state index in [9.17, 15) is 22.8 Å². The van der Waals surface area contributed by atoms with Crippen molar-refractivity contribution in [3.8, 4) is 0 Å². The third-order valence-electron chi connectivity index (χ3n) is 4.79. The van der Waals surface area contributed by atoms with E-state index in [2.05, 4.69) is 5.32 Å². The molecular weight excluding hydrogens is 386 g/mol. The van der Waals surface area contributed by atoms with E-state index in [1.165, 1.54) is 9.21 Å². The van der Waals surface area contributed by atoms with Crippen molar-refractivity contribution in [2.75, 3.05) is 32.8 Å². The summed E-state index contributed by atoms with van der Waals surface area (Å²) in [6, 6.07) is 8.24. The van der Waals surface area contributed by atoms with Gasteiger partial charge in [0, 0.05) is 32.6 Å². The Morgan fingerprint density at radius 1 is 1.11 bits per heavy atom. The van der Waals surface area contributed by atoms with E-state index in [-0.39, 0.29) is 50.2 Å². The predicted molar refractivity (Wildman–Crippen MR) is 99.3 cm³/mol. The maximum Gasteiger partial charge on any atom is 0.329 e. The summed E-state index contributed by atoms with van der Waals surface area (Å²) in [6.07, 6.45) is 0.636. The van der Waals surface area contributed by atoms with Gasteiger partial charge in [0.2, 0.25) is 15.9 Å². The van der Waals surface area contributed by atoms with Crippen LogP contribution in [0.15, 0.2) is 30.3 Å². The van der Waals surface area contributed by atoms with Gasteiger partial charge in [-0.3, -0.25) is 9.59 Å². The molecule has 0 saturated carbocycles. The maximum atomic E-state index is 12.5. The van der Waals surface area contributed by atoms with Crippen LogP contribution in [0, 0.1) is 0 Å². The zero-order chi connectivity index (χ0) is 20.1. The molecule has 1 N–H and O–H groups in total.